The largest absolute Gasteiger partial charge is 0.389 e. The molecule has 16 heavy (non-hydrogen) atoms. The lowest BCUT2D eigenvalue weighted by atomic mass is 10.1. The Morgan fingerprint density at radius 1 is 1.50 bits per heavy atom. The number of hydrogen-bond acceptors (Lipinski definition) is 3. The minimum atomic E-state index is -0.785. The Kier molecular flexibility index (Phi) is 3.79. The predicted molar refractivity (Wildman–Crippen MR) is 65.7 cm³/mol. The van der Waals surface area contributed by atoms with Crippen molar-refractivity contribution in [2.45, 2.75) is 26.4 Å². The lowest BCUT2D eigenvalue weighted by molar-refractivity contribution is 0.0945. The number of halogens is 1. The summed E-state index contributed by atoms with van der Waals surface area (Å²) in [5, 5.41) is 22.0. The van der Waals surface area contributed by atoms with Gasteiger partial charge in [0.2, 0.25) is 0 Å². The number of anilines is 1. The molecule has 0 spiro atoms. The molecule has 0 radical (unpaired) electrons. The van der Waals surface area contributed by atoms with E-state index in [1.165, 1.54) is 0 Å². The van der Waals surface area contributed by atoms with E-state index in [-0.39, 0.29) is 0 Å². The van der Waals surface area contributed by atoms with Crippen LogP contribution in [0.2, 0.25) is 5.02 Å². The first kappa shape index (κ1) is 12.8. The van der Waals surface area contributed by atoms with E-state index in [1.807, 2.05) is 13.0 Å². The molecular weight excluding hydrogens is 224 g/mol. The van der Waals surface area contributed by atoms with Crippen LogP contribution < -0.4 is 5.32 Å². The molecule has 1 aromatic rings. The van der Waals surface area contributed by atoms with Gasteiger partial charge in [-0.1, -0.05) is 11.6 Å². The fraction of sp³-hybridized carbons (Fsp3) is 0.417. The van der Waals surface area contributed by atoms with Crippen molar-refractivity contribution >= 4 is 17.3 Å². The smallest absolute Gasteiger partial charge is 0.101 e. The molecule has 0 saturated heterocycles. The van der Waals surface area contributed by atoms with Crippen LogP contribution in [0, 0.1) is 18.3 Å². The highest BCUT2D eigenvalue weighted by molar-refractivity contribution is 6.32. The molecule has 0 aliphatic rings. The van der Waals surface area contributed by atoms with Crippen LogP contribution >= 0.6 is 11.6 Å². The molecule has 3 nitrogen and oxygen atoms in total. The number of nitriles is 1. The number of aliphatic hydroxyl groups is 1. The molecule has 0 amide bonds. The summed E-state index contributed by atoms with van der Waals surface area (Å²) in [6.07, 6.45) is 0. The molecule has 1 aromatic carbocycles. The summed E-state index contributed by atoms with van der Waals surface area (Å²) in [5.74, 6) is 0. The molecule has 0 atom stereocenters. The van der Waals surface area contributed by atoms with Crippen molar-refractivity contribution in [3.63, 3.8) is 0 Å². The Labute approximate surface area is 101 Å². The second-order valence-electron chi connectivity index (χ2n) is 4.38. The number of rotatable bonds is 3. The van der Waals surface area contributed by atoms with Crippen LogP contribution in [0.1, 0.15) is 25.0 Å². The van der Waals surface area contributed by atoms with Crippen LogP contribution in [0.4, 0.5) is 5.69 Å². The van der Waals surface area contributed by atoms with Gasteiger partial charge in [-0.3, -0.25) is 0 Å². The van der Waals surface area contributed by atoms with Gasteiger partial charge in [0, 0.05) is 12.2 Å². The highest BCUT2D eigenvalue weighted by atomic mass is 35.5. The molecule has 0 aliphatic carbocycles. The van der Waals surface area contributed by atoms with E-state index in [2.05, 4.69) is 5.32 Å². The number of nitrogens with zero attached hydrogens (tertiary/aromatic N) is 1. The third-order valence-corrected chi connectivity index (χ3v) is 2.71. The van der Waals surface area contributed by atoms with Crippen molar-refractivity contribution < 1.29 is 5.11 Å². The molecule has 0 saturated carbocycles. The van der Waals surface area contributed by atoms with Crippen molar-refractivity contribution in [3.8, 4) is 6.07 Å². The summed E-state index contributed by atoms with van der Waals surface area (Å²) in [7, 11) is 0. The fourth-order valence-electron chi connectivity index (χ4n) is 1.27. The molecule has 0 fully saturated rings. The second kappa shape index (κ2) is 4.73. The van der Waals surface area contributed by atoms with E-state index in [1.54, 1.807) is 26.0 Å². The molecule has 86 valence electrons. The Morgan fingerprint density at radius 3 is 2.62 bits per heavy atom. The van der Waals surface area contributed by atoms with Crippen LogP contribution in [-0.2, 0) is 0 Å². The van der Waals surface area contributed by atoms with Gasteiger partial charge in [0.1, 0.15) is 6.07 Å². The van der Waals surface area contributed by atoms with Gasteiger partial charge in [-0.15, -0.1) is 0 Å². The normalized spacial score (nSPS) is 11.0. The molecule has 0 aromatic heterocycles. The monoisotopic (exact) mass is 238 g/mol. The molecule has 0 heterocycles. The maximum atomic E-state index is 9.59. The van der Waals surface area contributed by atoms with Crippen LogP contribution in [0.5, 0.6) is 0 Å². The van der Waals surface area contributed by atoms with E-state index in [4.69, 9.17) is 16.9 Å². The molecule has 2 N–H and O–H groups in total. The van der Waals surface area contributed by atoms with E-state index in [9.17, 15) is 5.11 Å². The molecule has 0 bridgehead atoms. The van der Waals surface area contributed by atoms with Crippen LogP contribution in [-0.4, -0.2) is 17.3 Å². The minimum Gasteiger partial charge on any atom is -0.389 e. The number of benzene rings is 1. The molecule has 0 aliphatic heterocycles. The van der Waals surface area contributed by atoms with Crippen molar-refractivity contribution in [2.24, 2.45) is 0 Å². The lowest BCUT2D eigenvalue weighted by Gasteiger charge is -2.20. The van der Waals surface area contributed by atoms with Gasteiger partial charge in [-0.2, -0.15) is 5.26 Å². The fourth-order valence-corrected chi connectivity index (χ4v) is 1.48. The van der Waals surface area contributed by atoms with Gasteiger partial charge >= 0.3 is 0 Å². The Bertz CT molecular complexity index is 430. The number of nitrogens with one attached hydrogen (secondary N) is 1. The highest BCUT2D eigenvalue weighted by Gasteiger charge is 2.13. The highest BCUT2D eigenvalue weighted by Crippen LogP contribution is 2.27. The third-order valence-electron chi connectivity index (χ3n) is 2.22. The van der Waals surface area contributed by atoms with Crippen molar-refractivity contribution in [3.05, 3.63) is 28.3 Å². The minimum absolute atomic E-state index is 0.427. The Balaban J connectivity index is 2.92. The van der Waals surface area contributed by atoms with E-state index in [0.29, 0.717) is 17.1 Å². The second-order valence-corrected chi connectivity index (χ2v) is 4.76. The third kappa shape index (κ3) is 3.13. The van der Waals surface area contributed by atoms with E-state index < -0.39 is 5.60 Å². The Morgan fingerprint density at radius 2 is 2.12 bits per heavy atom. The predicted octanol–water partition coefficient (Wildman–Crippen LogP) is 2.70. The van der Waals surface area contributed by atoms with Gasteiger partial charge in [0.15, 0.2) is 0 Å². The summed E-state index contributed by atoms with van der Waals surface area (Å²) in [6.45, 7) is 5.72. The van der Waals surface area contributed by atoms with Crippen molar-refractivity contribution in [2.75, 3.05) is 11.9 Å². The van der Waals surface area contributed by atoms with E-state index >= 15 is 0 Å². The van der Waals surface area contributed by atoms with E-state index in [0.717, 1.165) is 11.3 Å². The molecule has 0 unspecified atom stereocenters. The van der Waals surface area contributed by atoms with Gasteiger partial charge in [0.25, 0.3) is 0 Å². The quantitative estimate of drug-likeness (QED) is 0.851. The maximum Gasteiger partial charge on any atom is 0.101 e. The Hall–Kier alpha value is -1.24. The summed E-state index contributed by atoms with van der Waals surface area (Å²) in [4.78, 5) is 0. The van der Waals surface area contributed by atoms with Crippen molar-refractivity contribution in [1.82, 2.24) is 0 Å². The van der Waals surface area contributed by atoms with Crippen LogP contribution in [0.3, 0.4) is 0 Å². The first-order valence-electron chi connectivity index (χ1n) is 5.00. The first-order chi connectivity index (χ1) is 7.35. The molecule has 4 heteroatoms. The van der Waals surface area contributed by atoms with Gasteiger partial charge < -0.3 is 10.4 Å². The van der Waals surface area contributed by atoms with Gasteiger partial charge in [0.05, 0.1) is 16.2 Å². The summed E-state index contributed by atoms with van der Waals surface area (Å²) >= 11 is 6.02. The summed E-state index contributed by atoms with van der Waals surface area (Å²) < 4.78 is 0. The zero-order chi connectivity index (χ0) is 12.3. The zero-order valence-electron chi connectivity index (χ0n) is 9.63. The SMILES string of the molecule is Cc1c(NCC(C)(C)O)ccc(C#N)c1Cl. The zero-order valence-corrected chi connectivity index (χ0v) is 10.4. The maximum absolute atomic E-state index is 9.59. The topological polar surface area (TPSA) is 56.0 Å². The standard InChI is InChI=1S/C12H15ClN2O/c1-8-10(15-7-12(2,3)16)5-4-9(6-14)11(8)13/h4-5,15-16H,7H2,1-3H3. The average molecular weight is 239 g/mol. The molecular formula is C12H15ClN2O. The van der Waals surface area contributed by atoms with Gasteiger partial charge in [-0.25, -0.2) is 0 Å². The molecule has 1 rings (SSSR count). The number of hydrogen-bond donors (Lipinski definition) is 2. The van der Waals surface area contributed by atoms with Crippen LogP contribution in [0.15, 0.2) is 12.1 Å². The first-order valence-corrected chi connectivity index (χ1v) is 5.38. The average Bonchev–Trinajstić information content (AvgIpc) is 2.19. The van der Waals surface area contributed by atoms with Crippen LogP contribution in [0.25, 0.3) is 0 Å². The summed E-state index contributed by atoms with van der Waals surface area (Å²) in [5.41, 5.74) is 1.34. The summed E-state index contributed by atoms with van der Waals surface area (Å²) in [6, 6.07) is 5.49. The lowest BCUT2D eigenvalue weighted by Crippen LogP contribution is -2.29. The van der Waals surface area contributed by atoms with Gasteiger partial charge in [-0.05, 0) is 38.5 Å². The van der Waals surface area contributed by atoms with Crippen molar-refractivity contribution in [1.29, 1.82) is 5.26 Å².